The van der Waals surface area contributed by atoms with Crippen molar-refractivity contribution in [3.63, 3.8) is 0 Å². The van der Waals surface area contributed by atoms with Crippen LogP contribution in [0.1, 0.15) is 49.4 Å². The van der Waals surface area contributed by atoms with Crippen LogP contribution in [0.2, 0.25) is 0 Å². The van der Waals surface area contributed by atoms with Crippen molar-refractivity contribution in [3.05, 3.63) is 60.2 Å². The Kier molecular flexibility index (Phi) is 7.61. The highest BCUT2D eigenvalue weighted by molar-refractivity contribution is 5.96. The van der Waals surface area contributed by atoms with E-state index in [-0.39, 0.29) is 6.54 Å². The number of nitrogens with one attached hydrogen (secondary N) is 2. The molecule has 0 bridgehead atoms. The van der Waals surface area contributed by atoms with Crippen molar-refractivity contribution in [3.8, 4) is 17.2 Å². The van der Waals surface area contributed by atoms with E-state index in [1.54, 1.807) is 12.1 Å². The Morgan fingerprint density at radius 2 is 1.62 bits per heavy atom. The molecular formula is C25H27N3O4. The fraction of sp³-hybridized carbons (Fsp3) is 0.360. The van der Waals surface area contributed by atoms with Crippen molar-refractivity contribution in [2.45, 2.75) is 50.7 Å². The number of carbonyl (C=O) groups excluding carboxylic acids is 3. The molecule has 3 rings (SSSR count). The molecule has 1 saturated carbocycles. The van der Waals surface area contributed by atoms with Crippen LogP contribution in [-0.4, -0.2) is 36.0 Å². The SMILES string of the molecule is C[C@H](OC(=O)CNC(=O)c1ccc(-c2ccccc2)cc1)C(=O)NC1(C#N)CCCCC1. The van der Waals surface area contributed by atoms with Crippen LogP contribution in [0.4, 0.5) is 0 Å². The van der Waals surface area contributed by atoms with Gasteiger partial charge in [0.05, 0.1) is 6.07 Å². The highest BCUT2D eigenvalue weighted by atomic mass is 16.5. The first kappa shape index (κ1) is 23.0. The molecule has 0 spiro atoms. The molecule has 0 heterocycles. The van der Waals surface area contributed by atoms with Gasteiger partial charge in [-0.25, -0.2) is 0 Å². The minimum Gasteiger partial charge on any atom is -0.451 e. The van der Waals surface area contributed by atoms with Gasteiger partial charge in [0.2, 0.25) is 0 Å². The van der Waals surface area contributed by atoms with Gasteiger partial charge >= 0.3 is 5.97 Å². The minimum atomic E-state index is -1.06. The molecule has 0 aliphatic heterocycles. The van der Waals surface area contributed by atoms with Crippen LogP contribution in [0.15, 0.2) is 54.6 Å². The van der Waals surface area contributed by atoms with Crippen LogP contribution < -0.4 is 10.6 Å². The molecule has 32 heavy (non-hydrogen) atoms. The van der Waals surface area contributed by atoms with Crippen molar-refractivity contribution in [2.75, 3.05) is 6.54 Å². The van der Waals surface area contributed by atoms with Crippen molar-refractivity contribution in [1.29, 1.82) is 5.26 Å². The van der Waals surface area contributed by atoms with Crippen LogP contribution in [0.25, 0.3) is 11.1 Å². The number of hydrogen-bond acceptors (Lipinski definition) is 5. The fourth-order valence-electron chi connectivity index (χ4n) is 3.75. The second-order valence-corrected chi connectivity index (χ2v) is 8.00. The lowest BCUT2D eigenvalue weighted by Gasteiger charge is -2.32. The number of amides is 2. The summed E-state index contributed by atoms with van der Waals surface area (Å²) in [6.07, 6.45) is 2.92. The third kappa shape index (κ3) is 5.94. The number of nitriles is 1. The van der Waals surface area contributed by atoms with Crippen LogP contribution in [0.5, 0.6) is 0 Å². The van der Waals surface area contributed by atoms with Crippen LogP contribution >= 0.6 is 0 Å². The Balaban J connectivity index is 1.47. The summed E-state index contributed by atoms with van der Waals surface area (Å²) in [6, 6.07) is 19.0. The van der Waals surface area contributed by atoms with Gasteiger partial charge in [0.25, 0.3) is 11.8 Å². The summed E-state index contributed by atoms with van der Waals surface area (Å²) in [5.74, 6) is -1.65. The summed E-state index contributed by atoms with van der Waals surface area (Å²) in [7, 11) is 0. The number of ether oxygens (including phenoxy) is 1. The smallest absolute Gasteiger partial charge is 0.326 e. The lowest BCUT2D eigenvalue weighted by atomic mass is 9.83. The van der Waals surface area contributed by atoms with Gasteiger partial charge in [0, 0.05) is 5.56 Å². The molecule has 0 aromatic heterocycles. The van der Waals surface area contributed by atoms with Gasteiger partial charge in [-0.1, -0.05) is 61.7 Å². The predicted molar refractivity (Wildman–Crippen MR) is 119 cm³/mol. The van der Waals surface area contributed by atoms with Crippen molar-refractivity contribution in [1.82, 2.24) is 10.6 Å². The Morgan fingerprint density at radius 1 is 1.00 bits per heavy atom. The Bertz CT molecular complexity index is 990. The molecule has 0 radical (unpaired) electrons. The maximum atomic E-state index is 12.4. The molecule has 7 heteroatoms. The molecule has 1 aliphatic rings. The molecule has 0 unspecified atom stereocenters. The number of esters is 1. The van der Waals surface area contributed by atoms with E-state index >= 15 is 0 Å². The average Bonchev–Trinajstić information content (AvgIpc) is 2.83. The normalized spacial score (nSPS) is 15.6. The van der Waals surface area contributed by atoms with Gasteiger partial charge < -0.3 is 15.4 Å². The maximum Gasteiger partial charge on any atom is 0.326 e. The molecule has 1 fully saturated rings. The van der Waals surface area contributed by atoms with Crippen molar-refractivity contribution >= 4 is 17.8 Å². The standard InChI is InChI=1S/C25H27N3O4/c1-18(23(30)28-25(17-26)14-6-3-7-15-25)32-22(29)16-27-24(31)21-12-10-20(11-13-21)19-8-4-2-5-9-19/h2,4-5,8-13,18H,3,6-7,14-16H2,1H3,(H,27,31)(H,28,30)/t18-/m0/s1. The quantitative estimate of drug-likeness (QED) is 0.651. The number of nitrogens with zero attached hydrogens (tertiary/aromatic N) is 1. The highest BCUT2D eigenvalue weighted by Gasteiger charge is 2.35. The minimum absolute atomic E-state index is 0.361. The number of rotatable bonds is 7. The summed E-state index contributed by atoms with van der Waals surface area (Å²) in [6.45, 7) is 1.09. The third-order valence-corrected chi connectivity index (χ3v) is 5.61. The zero-order chi connectivity index (χ0) is 23.0. The van der Waals surface area contributed by atoms with E-state index in [1.807, 2.05) is 42.5 Å². The van der Waals surface area contributed by atoms with E-state index in [1.165, 1.54) is 6.92 Å². The molecule has 7 nitrogen and oxygen atoms in total. The Hall–Kier alpha value is -3.66. The van der Waals surface area contributed by atoms with Crippen LogP contribution in [0, 0.1) is 11.3 Å². The van der Waals surface area contributed by atoms with Gasteiger partial charge in [-0.2, -0.15) is 5.26 Å². The fourth-order valence-corrected chi connectivity index (χ4v) is 3.75. The van der Waals surface area contributed by atoms with Gasteiger partial charge in [0.1, 0.15) is 12.1 Å². The van der Waals surface area contributed by atoms with E-state index in [4.69, 9.17) is 4.74 Å². The summed E-state index contributed by atoms with van der Waals surface area (Å²) >= 11 is 0. The molecule has 166 valence electrons. The van der Waals surface area contributed by atoms with E-state index in [9.17, 15) is 19.6 Å². The molecule has 2 aromatic rings. The molecular weight excluding hydrogens is 406 g/mol. The molecule has 2 aromatic carbocycles. The average molecular weight is 434 g/mol. The highest BCUT2D eigenvalue weighted by Crippen LogP contribution is 2.27. The molecule has 0 saturated heterocycles. The number of carbonyl (C=O) groups is 3. The zero-order valence-electron chi connectivity index (χ0n) is 18.1. The van der Waals surface area contributed by atoms with Gasteiger partial charge in [-0.3, -0.25) is 14.4 Å². The lowest BCUT2D eigenvalue weighted by Crippen LogP contribution is -2.52. The number of hydrogen-bond donors (Lipinski definition) is 2. The summed E-state index contributed by atoms with van der Waals surface area (Å²) < 4.78 is 5.13. The predicted octanol–water partition coefficient (Wildman–Crippen LogP) is 3.36. The first-order chi connectivity index (χ1) is 15.4. The molecule has 2 amide bonds. The van der Waals surface area contributed by atoms with Crippen LogP contribution in [0.3, 0.4) is 0 Å². The van der Waals surface area contributed by atoms with Crippen molar-refractivity contribution in [2.24, 2.45) is 0 Å². The van der Waals surface area contributed by atoms with E-state index in [2.05, 4.69) is 16.7 Å². The molecule has 2 N–H and O–H groups in total. The van der Waals surface area contributed by atoms with Crippen LogP contribution in [-0.2, 0) is 14.3 Å². The van der Waals surface area contributed by atoms with Gasteiger partial charge in [-0.15, -0.1) is 0 Å². The van der Waals surface area contributed by atoms with E-state index in [0.29, 0.717) is 18.4 Å². The summed E-state index contributed by atoms with van der Waals surface area (Å²) in [4.78, 5) is 36.8. The van der Waals surface area contributed by atoms with E-state index < -0.39 is 29.4 Å². The Morgan fingerprint density at radius 3 is 2.25 bits per heavy atom. The van der Waals surface area contributed by atoms with Crippen molar-refractivity contribution < 1.29 is 19.1 Å². The molecule has 1 atom stereocenters. The number of benzene rings is 2. The zero-order valence-corrected chi connectivity index (χ0v) is 18.1. The summed E-state index contributed by atoms with van der Waals surface area (Å²) in [5, 5.41) is 14.7. The molecule has 1 aliphatic carbocycles. The van der Waals surface area contributed by atoms with E-state index in [0.717, 1.165) is 30.4 Å². The largest absolute Gasteiger partial charge is 0.451 e. The van der Waals surface area contributed by atoms with Gasteiger partial charge in [0.15, 0.2) is 6.10 Å². The van der Waals surface area contributed by atoms with Gasteiger partial charge in [-0.05, 0) is 43.0 Å². The first-order valence-electron chi connectivity index (χ1n) is 10.8. The third-order valence-electron chi connectivity index (χ3n) is 5.61. The topological polar surface area (TPSA) is 108 Å². The Labute approximate surface area is 187 Å². The first-order valence-corrected chi connectivity index (χ1v) is 10.8. The maximum absolute atomic E-state index is 12.4. The monoisotopic (exact) mass is 433 g/mol. The second-order valence-electron chi connectivity index (χ2n) is 8.00. The second kappa shape index (κ2) is 10.6. The lowest BCUT2D eigenvalue weighted by molar-refractivity contribution is -0.154. The summed E-state index contributed by atoms with van der Waals surface area (Å²) in [5.41, 5.74) is 1.54.